The molecule has 0 spiro atoms. The molecule has 0 saturated heterocycles. The van der Waals surface area contributed by atoms with E-state index in [2.05, 4.69) is 5.32 Å². The molecule has 1 radical (unpaired) electrons. The fraction of sp³-hybridized carbons (Fsp3) is 0.538. The maximum Gasteiger partial charge on any atom is 3.00 e. The molecule has 0 unspecified atom stereocenters. The van der Waals surface area contributed by atoms with Gasteiger partial charge in [0.1, 0.15) is 0 Å². The van der Waals surface area contributed by atoms with Crippen LogP contribution in [0.4, 0.5) is 0 Å². The van der Waals surface area contributed by atoms with Gasteiger partial charge in [0, 0.05) is 0 Å². The van der Waals surface area contributed by atoms with Gasteiger partial charge in [0.25, 0.3) is 0 Å². The van der Waals surface area contributed by atoms with Crippen LogP contribution < -0.4 is 17.5 Å². The Kier molecular flexibility index (Phi) is 14.3. The van der Waals surface area contributed by atoms with E-state index in [0.717, 1.165) is 19.3 Å². The number of hydrogen-bond acceptors (Lipinski definition) is 1. The van der Waals surface area contributed by atoms with Crippen molar-refractivity contribution in [2.24, 2.45) is 0 Å². The minimum atomic E-state index is -0.399. The van der Waals surface area contributed by atoms with Gasteiger partial charge in [-0.15, -0.1) is 12.1 Å². The molecule has 0 bridgehead atoms. The molecule has 2 rings (SSSR count). The summed E-state index contributed by atoms with van der Waals surface area (Å²) in [5.41, 5.74) is 0. The van der Waals surface area contributed by atoms with Crippen LogP contribution in [0.25, 0.3) is 5.32 Å². The van der Waals surface area contributed by atoms with Crippen LogP contribution in [0.2, 0.25) is 0 Å². The Labute approximate surface area is 123 Å². The maximum atomic E-state index is 11.0. The van der Waals surface area contributed by atoms with Crippen LogP contribution in [0, 0.1) is 0 Å². The van der Waals surface area contributed by atoms with Crippen molar-refractivity contribution in [3.05, 3.63) is 41.7 Å². The van der Waals surface area contributed by atoms with Gasteiger partial charge in [-0.05, 0) is 0 Å². The number of nitrogens with zero attached hydrogens (tertiary/aromatic N) is 1. The summed E-state index contributed by atoms with van der Waals surface area (Å²) in [6, 6.07) is 12.1. The zero-order valence-electron chi connectivity index (χ0n) is 10.0. The molecule has 0 amide bonds. The first-order valence-corrected chi connectivity index (χ1v) is 5.59. The first-order chi connectivity index (χ1) is 7.34. The normalized spacial score (nSPS) is 22.2. The molecule has 1 saturated carbocycles. The zero-order chi connectivity index (χ0) is 10.9. The third kappa shape index (κ3) is 8.73. The van der Waals surface area contributed by atoms with Crippen LogP contribution in [0.1, 0.15) is 25.7 Å². The SMILES string of the molecule is C[N-][C@H]1CCCC[C@H]1[O-].[Cl-].[Ru+3].c1ccccc1. The molecule has 1 aromatic carbocycles. The summed E-state index contributed by atoms with van der Waals surface area (Å²) < 4.78 is 0. The van der Waals surface area contributed by atoms with E-state index in [9.17, 15) is 5.11 Å². The summed E-state index contributed by atoms with van der Waals surface area (Å²) >= 11 is 0. The average molecular weight is 342 g/mol. The maximum absolute atomic E-state index is 11.0. The van der Waals surface area contributed by atoms with Crippen LogP contribution in [-0.2, 0) is 19.5 Å². The van der Waals surface area contributed by atoms with Crippen LogP contribution in [-0.4, -0.2) is 19.2 Å². The molecule has 2 atom stereocenters. The fourth-order valence-electron chi connectivity index (χ4n) is 1.76. The van der Waals surface area contributed by atoms with Crippen molar-refractivity contribution in [1.29, 1.82) is 0 Å². The molecule has 0 aromatic heterocycles. The van der Waals surface area contributed by atoms with E-state index in [1.807, 2.05) is 36.4 Å². The second-order valence-electron chi connectivity index (χ2n) is 3.80. The molecule has 1 fully saturated rings. The van der Waals surface area contributed by atoms with Crippen LogP contribution in [0.3, 0.4) is 0 Å². The Balaban J connectivity index is 0. The molecular formula is C13H19ClNORu. The summed E-state index contributed by atoms with van der Waals surface area (Å²) in [5.74, 6) is 0. The van der Waals surface area contributed by atoms with Gasteiger partial charge in [-0.1, -0.05) is 62.1 Å². The predicted molar refractivity (Wildman–Crippen MR) is 61.8 cm³/mol. The predicted octanol–water partition coefficient (Wildman–Crippen LogP) is -0.650. The van der Waals surface area contributed by atoms with Crippen LogP contribution in [0.15, 0.2) is 36.4 Å². The Bertz CT molecular complexity index is 222. The fourth-order valence-corrected chi connectivity index (χ4v) is 1.76. The summed E-state index contributed by atoms with van der Waals surface area (Å²) in [6.45, 7) is 0. The Hall–Kier alpha value is 0.0534. The van der Waals surface area contributed by atoms with E-state index in [4.69, 9.17) is 0 Å². The Morgan fingerprint density at radius 1 is 0.941 bits per heavy atom. The number of benzene rings is 1. The van der Waals surface area contributed by atoms with E-state index >= 15 is 0 Å². The van der Waals surface area contributed by atoms with Gasteiger partial charge in [-0.3, -0.25) is 0 Å². The van der Waals surface area contributed by atoms with E-state index in [-0.39, 0.29) is 37.9 Å². The van der Waals surface area contributed by atoms with E-state index < -0.39 is 6.10 Å². The van der Waals surface area contributed by atoms with Gasteiger partial charge in [0.15, 0.2) is 0 Å². The smallest absolute Gasteiger partial charge is 1.00 e. The van der Waals surface area contributed by atoms with E-state index in [0.29, 0.717) is 0 Å². The Morgan fingerprint density at radius 2 is 1.35 bits per heavy atom. The first kappa shape index (κ1) is 19.4. The summed E-state index contributed by atoms with van der Waals surface area (Å²) in [4.78, 5) is 0. The second-order valence-corrected chi connectivity index (χ2v) is 3.80. The molecule has 1 aliphatic rings. The molecule has 0 N–H and O–H groups in total. The summed E-state index contributed by atoms with van der Waals surface area (Å²) in [7, 11) is 1.75. The van der Waals surface area contributed by atoms with Crippen molar-refractivity contribution >= 4 is 0 Å². The second kappa shape index (κ2) is 12.5. The van der Waals surface area contributed by atoms with Crippen LogP contribution >= 0.6 is 0 Å². The van der Waals surface area contributed by atoms with Gasteiger partial charge in [0.05, 0.1) is 0 Å². The summed E-state index contributed by atoms with van der Waals surface area (Å²) in [6.07, 6.45) is 3.76. The minimum Gasteiger partial charge on any atom is -1.00 e. The average Bonchev–Trinajstić information content (AvgIpc) is 2.33. The summed E-state index contributed by atoms with van der Waals surface area (Å²) in [5, 5.41) is 15.0. The van der Waals surface area contributed by atoms with Gasteiger partial charge < -0.3 is 22.8 Å². The molecule has 97 valence electrons. The molecule has 17 heavy (non-hydrogen) atoms. The van der Waals surface area contributed by atoms with Crippen molar-refractivity contribution in [3.63, 3.8) is 0 Å². The van der Waals surface area contributed by atoms with Crippen molar-refractivity contribution in [3.8, 4) is 0 Å². The Morgan fingerprint density at radius 3 is 1.65 bits per heavy atom. The van der Waals surface area contributed by atoms with Crippen LogP contribution in [0.5, 0.6) is 0 Å². The quantitative estimate of drug-likeness (QED) is 0.626. The largest absolute Gasteiger partial charge is 3.00 e. The third-order valence-electron chi connectivity index (χ3n) is 2.67. The van der Waals surface area contributed by atoms with Crippen molar-refractivity contribution in [2.45, 2.75) is 37.8 Å². The van der Waals surface area contributed by atoms with Gasteiger partial charge in [0.2, 0.25) is 0 Å². The van der Waals surface area contributed by atoms with E-state index in [1.54, 1.807) is 7.05 Å². The molecule has 0 aliphatic heterocycles. The number of hydrogen-bond donors (Lipinski definition) is 0. The number of rotatable bonds is 1. The van der Waals surface area contributed by atoms with Gasteiger partial charge >= 0.3 is 19.5 Å². The first-order valence-electron chi connectivity index (χ1n) is 5.59. The molecule has 1 aromatic rings. The van der Waals surface area contributed by atoms with Gasteiger partial charge in [-0.2, -0.15) is 7.05 Å². The van der Waals surface area contributed by atoms with Crippen molar-refractivity contribution in [2.75, 3.05) is 7.05 Å². The zero-order valence-corrected chi connectivity index (χ0v) is 12.5. The number of halogens is 1. The van der Waals surface area contributed by atoms with E-state index in [1.165, 1.54) is 6.42 Å². The van der Waals surface area contributed by atoms with Crippen molar-refractivity contribution < 1.29 is 37.0 Å². The standard InChI is InChI=1S/C7H13NO.C6H6.ClH.Ru/c1-8-6-4-2-3-5-7(6)9;1-2-4-6-5-3-1;;/h6-7H,2-5H2,1H3;1-6H;1H;/q-2;;;+3/p-1/t6-,7+;;;/m0.../s1. The molecule has 4 heteroatoms. The third-order valence-corrected chi connectivity index (χ3v) is 2.67. The molecule has 1 aliphatic carbocycles. The molecule has 0 heterocycles. The number of likely N-dealkylation sites (N-methyl/N-ethyl adjacent to an activating group) is 1. The molecular weight excluding hydrogens is 323 g/mol. The monoisotopic (exact) mass is 342 g/mol. The minimum absolute atomic E-state index is 0. The van der Waals surface area contributed by atoms with Crippen molar-refractivity contribution in [1.82, 2.24) is 0 Å². The topological polar surface area (TPSA) is 37.2 Å². The van der Waals surface area contributed by atoms with Gasteiger partial charge in [-0.25, -0.2) is 0 Å². The molecule has 2 nitrogen and oxygen atoms in total.